The lowest BCUT2D eigenvalue weighted by atomic mass is 10.2. The van der Waals surface area contributed by atoms with Gasteiger partial charge in [-0.3, -0.25) is 4.79 Å². The predicted molar refractivity (Wildman–Crippen MR) is 74.4 cm³/mol. The predicted octanol–water partition coefficient (Wildman–Crippen LogP) is 2.08. The van der Waals surface area contributed by atoms with E-state index in [0.29, 0.717) is 23.8 Å². The van der Waals surface area contributed by atoms with E-state index in [9.17, 15) is 4.79 Å². The molecule has 2 rings (SSSR count). The molecular weight excluding hydrogens is 226 g/mol. The number of hydrogen-bond acceptors (Lipinski definition) is 3. The van der Waals surface area contributed by atoms with Gasteiger partial charge in [0.05, 0.1) is 11.4 Å². The van der Waals surface area contributed by atoms with Crippen molar-refractivity contribution in [2.45, 2.75) is 32.2 Å². The van der Waals surface area contributed by atoms with Crippen LogP contribution < -0.4 is 11.1 Å². The maximum atomic E-state index is 11.8. The van der Waals surface area contributed by atoms with Gasteiger partial charge < -0.3 is 16.0 Å². The molecule has 1 aromatic rings. The molecule has 1 aromatic carbocycles. The molecular formula is C14H21N3O. The average molecular weight is 247 g/mol. The minimum Gasteiger partial charge on any atom is -0.397 e. The number of likely N-dealkylation sites (tertiary alicyclic amines) is 1. The van der Waals surface area contributed by atoms with Crippen LogP contribution in [0.15, 0.2) is 24.3 Å². The monoisotopic (exact) mass is 247 g/mol. The van der Waals surface area contributed by atoms with Crippen LogP contribution >= 0.6 is 0 Å². The Bertz CT molecular complexity index is 419. The first-order valence-electron chi connectivity index (χ1n) is 6.55. The summed E-state index contributed by atoms with van der Waals surface area (Å²) in [6.07, 6.45) is 3.01. The molecule has 0 aromatic heterocycles. The van der Waals surface area contributed by atoms with Gasteiger partial charge in [0, 0.05) is 19.0 Å². The fraction of sp³-hybridized carbons (Fsp3) is 0.500. The Morgan fingerprint density at radius 3 is 2.94 bits per heavy atom. The maximum Gasteiger partial charge on any atom is 0.225 e. The van der Waals surface area contributed by atoms with E-state index in [1.807, 2.05) is 18.2 Å². The Hall–Kier alpha value is -1.55. The van der Waals surface area contributed by atoms with Crippen molar-refractivity contribution in [3.05, 3.63) is 24.3 Å². The molecule has 0 radical (unpaired) electrons. The van der Waals surface area contributed by atoms with Crippen molar-refractivity contribution in [3.63, 3.8) is 0 Å². The van der Waals surface area contributed by atoms with Crippen LogP contribution in [0.25, 0.3) is 0 Å². The smallest absolute Gasteiger partial charge is 0.225 e. The van der Waals surface area contributed by atoms with E-state index in [0.717, 1.165) is 13.1 Å². The first-order chi connectivity index (χ1) is 8.66. The Morgan fingerprint density at radius 2 is 2.28 bits per heavy atom. The molecule has 1 unspecified atom stereocenters. The van der Waals surface area contributed by atoms with Crippen molar-refractivity contribution in [1.29, 1.82) is 0 Å². The highest BCUT2D eigenvalue weighted by molar-refractivity contribution is 5.93. The molecule has 0 spiro atoms. The quantitative estimate of drug-likeness (QED) is 0.801. The summed E-state index contributed by atoms with van der Waals surface area (Å²) in [4.78, 5) is 14.2. The van der Waals surface area contributed by atoms with E-state index in [4.69, 9.17) is 5.73 Å². The summed E-state index contributed by atoms with van der Waals surface area (Å²) in [7, 11) is 0. The highest BCUT2D eigenvalue weighted by Gasteiger charge is 2.20. The molecule has 0 aliphatic carbocycles. The second-order valence-corrected chi connectivity index (χ2v) is 4.91. The molecule has 1 atom stereocenters. The normalized spacial score (nSPS) is 19.9. The van der Waals surface area contributed by atoms with Crippen molar-refractivity contribution in [2.75, 3.05) is 24.1 Å². The van der Waals surface area contributed by atoms with Crippen molar-refractivity contribution in [1.82, 2.24) is 4.90 Å². The summed E-state index contributed by atoms with van der Waals surface area (Å²) >= 11 is 0. The Kier molecular flexibility index (Phi) is 4.20. The van der Waals surface area contributed by atoms with E-state index < -0.39 is 0 Å². The lowest BCUT2D eigenvalue weighted by Crippen LogP contribution is -2.30. The summed E-state index contributed by atoms with van der Waals surface area (Å²) < 4.78 is 0. The van der Waals surface area contributed by atoms with Crippen LogP contribution in [-0.2, 0) is 4.79 Å². The molecule has 1 aliphatic heterocycles. The van der Waals surface area contributed by atoms with Crippen LogP contribution in [-0.4, -0.2) is 29.9 Å². The Balaban J connectivity index is 1.80. The van der Waals surface area contributed by atoms with Crippen LogP contribution in [0.3, 0.4) is 0 Å². The van der Waals surface area contributed by atoms with Gasteiger partial charge in [0.25, 0.3) is 0 Å². The molecule has 3 N–H and O–H groups in total. The number of nitrogens with zero attached hydrogens (tertiary/aromatic N) is 1. The summed E-state index contributed by atoms with van der Waals surface area (Å²) in [6, 6.07) is 7.95. The molecule has 1 saturated heterocycles. The largest absolute Gasteiger partial charge is 0.397 e. The Labute approximate surface area is 108 Å². The average Bonchev–Trinajstić information content (AvgIpc) is 2.75. The van der Waals surface area contributed by atoms with Gasteiger partial charge in [0.1, 0.15) is 0 Å². The zero-order valence-electron chi connectivity index (χ0n) is 10.9. The van der Waals surface area contributed by atoms with E-state index in [2.05, 4.69) is 17.1 Å². The number of benzene rings is 1. The van der Waals surface area contributed by atoms with Crippen LogP contribution in [0.2, 0.25) is 0 Å². The minimum absolute atomic E-state index is 0.0343. The third-order valence-corrected chi connectivity index (χ3v) is 3.55. The summed E-state index contributed by atoms with van der Waals surface area (Å²) in [5, 5.41) is 2.86. The lowest BCUT2D eigenvalue weighted by Gasteiger charge is -2.20. The molecule has 0 bridgehead atoms. The lowest BCUT2D eigenvalue weighted by molar-refractivity contribution is -0.116. The number of para-hydroxylation sites is 2. The molecule has 1 heterocycles. The van der Waals surface area contributed by atoms with Crippen molar-refractivity contribution in [2.24, 2.45) is 0 Å². The highest BCUT2D eigenvalue weighted by Crippen LogP contribution is 2.18. The SMILES string of the molecule is CC1CCCN1CCC(=O)Nc1ccccc1N. The zero-order valence-corrected chi connectivity index (χ0v) is 10.9. The van der Waals surface area contributed by atoms with Gasteiger partial charge in [-0.2, -0.15) is 0 Å². The van der Waals surface area contributed by atoms with Gasteiger partial charge in [-0.25, -0.2) is 0 Å². The van der Waals surface area contributed by atoms with Crippen LogP contribution in [0, 0.1) is 0 Å². The number of nitrogens with two attached hydrogens (primary N) is 1. The second kappa shape index (κ2) is 5.87. The van der Waals surface area contributed by atoms with E-state index in [1.165, 1.54) is 12.8 Å². The first kappa shape index (κ1) is 12.9. The summed E-state index contributed by atoms with van der Waals surface area (Å²) in [6.45, 7) is 4.17. The number of nitrogen functional groups attached to an aromatic ring is 1. The van der Waals surface area contributed by atoms with Crippen LogP contribution in [0.4, 0.5) is 11.4 Å². The third-order valence-electron chi connectivity index (χ3n) is 3.55. The van der Waals surface area contributed by atoms with Gasteiger partial charge >= 0.3 is 0 Å². The zero-order chi connectivity index (χ0) is 13.0. The molecule has 4 heteroatoms. The minimum atomic E-state index is 0.0343. The molecule has 4 nitrogen and oxygen atoms in total. The maximum absolute atomic E-state index is 11.8. The number of carbonyl (C=O) groups excluding carboxylic acids is 1. The van der Waals surface area contributed by atoms with Crippen molar-refractivity contribution in [3.8, 4) is 0 Å². The van der Waals surface area contributed by atoms with E-state index in [-0.39, 0.29) is 5.91 Å². The standard InChI is InChI=1S/C14H21N3O/c1-11-5-4-9-17(11)10-8-14(18)16-13-7-3-2-6-12(13)15/h2-3,6-7,11H,4-5,8-10,15H2,1H3,(H,16,18). The van der Waals surface area contributed by atoms with Gasteiger partial charge in [-0.1, -0.05) is 12.1 Å². The van der Waals surface area contributed by atoms with Crippen LogP contribution in [0.5, 0.6) is 0 Å². The second-order valence-electron chi connectivity index (χ2n) is 4.91. The number of nitrogens with one attached hydrogen (secondary N) is 1. The van der Waals surface area contributed by atoms with Crippen molar-refractivity contribution < 1.29 is 4.79 Å². The number of carbonyl (C=O) groups is 1. The van der Waals surface area contributed by atoms with Crippen molar-refractivity contribution >= 4 is 17.3 Å². The van der Waals surface area contributed by atoms with Gasteiger partial charge in [0.15, 0.2) is 0 Å². The number of rotatable bonds is 4. The fourth-order valence-corrected chi connectivity index (χ4v) is 2.39. The molecule has 1 aliphatic rings. The molecule has 1 fully saturated rings. The first-order valence-corrected chi connectivity index (χ1v) is 6.55. The molecule has 98 valence electrons. The summed E-state index contributed by atoms with van der Waals surface area (Å²) in [5.41, 5.74) is 7.10. The van der Waals surface area contributed by atoms with Gasteiger partial charge in [-0.05, 0) is 38.4 Å². The third kappa shape index (κ3) is 3.23. The number of hydrogen-bond donors (Lipinski definition) is 2. The molecule has 1 amide bonds. The highest BCUT2D eigenvalue weighted by atomic mass is 16.1. The fourth-order valence-electron chi connectivity index (χ4n) is 2.39. The molecule has 0 saturated carbocycles. The van der Waals surface area contributed by atoms with E-state index in [1.54, 1.807) is 6.07 Å². The molecule has 18 heavy (non-hydrogen) atoms. The van der Waals surface area contributed by atoms with Gasteiger partial charge in [-0.15, -0.1) is 0 Å². The number of amides is 1. The van der Waals surface area contributed by atoms with E-state index >= 15 is 0 Å². The van der Waals surface area contributed by atoms with Gasteiger partial charge in [0.2, 0.25) is 5.91 Å². The Morgan fingerprint density at radius 1 is 1.50 bits per heavy atom. The number of anilines is 2. The van der Waals surface area contributed by atoms with Crippen LogP contribution in [0.1, 0.15) is 26.2 Å². The topological polar surface area (TPSA) is 58.4 Å². The summed E-state index contributed by atoms with van der Waals surface area (Å²) in [5.74, 6) is 0.0343.